The zero-order valence-corrected chi connectivity index (χ0v) is 16.9. The Hall–Kier alpha value is -0.860. The van der Waals surface area contributed by atoms with E-state index in [2.05, 4.69) is 62.9 Å². The highest BCUT2D eigenvalue weighted by Crippen LogP contribution is 2.33. The topological polar surface area (TPSA) is 12.5 Å². The Morgan fingerprint density at radius 3 is 2.40 bits per heavy atom. The van der Waals surface area contributed by atoms with Crippen molar-refractivity contribution in [1.29, 1.82) is 0 Å². The molecule has 2 rings (SSSR count). The van der Waals surface area contributed by atoms with Crippen molar-refractivity contribution in [3.63, 3.8) is 0 Å². The molecule has 0 spiro atoms. The number of piperidine rings is 1. The van der Waals surface area contributed by atoms with E-state index in [0.29, 0.717) is 12.0 Å². The summed E-state index contributed by atoms with van der Waals surface area (Å²) >= 11 is 0. The van der Waals surface area contributed by atoms with Crippen molar-refractivity contribution in [1.82, 2.24) is 4.90 Å². The Bertz CT molecular complexity index is 460. The van der Waals surface area contributed by atoms with E-state index >= 15 is 0 Å². The summed E-state index contributed by atoms with van der Waals surface area (Å²) in [5.41, 5.74) is 1.28. The van der Waals surface area contributed by atoms with Gasteiger partial charge in [0.25, 0.3) is 0 Å². The number of hydrogen-bond acceptors (Lipinski definition) is 2. The van der Waals surface area contributed by atoms with Gasteiger partial charge in [-0.05, 0) is 36.3 Å². The first-order valence-corrected chi connectivity index (χ1v) is 10.5. The van der Waals surface area contributed by atoms with Crippen LogP contribution in [0.5, 0.6) is 0 Å². The summed E-state index contributed by atoms with van der Waals surface area (Å²) < 4.78 is 6.15. The standard InChI is InChI=1S/C23H39NO/c1-5-6-7-8-12-15-24-16-19(2)20(3)21(4)23(24)18-25-17-22-13-10-9-11-14-22/h9-11,13-14,19-21,23H,5-8,12,15-18H2,1-4H3. The molecular weight excluding hydrogens is 306 g/mol. The molecule has 0 aliphatic carbocycles. The maximum Gasteiger partial charge on any atom is 0.0717 e. The number of rotatable bonds is 10. The van der Waals surface area contributed by atoms with Crippen LogP contribution in [0.4, 0.5) is 0 Å². The van der Waals surface area contributed by atoms with Gasteiger partial charge in [-0.25, -0.2) is 0 Å². The first-order chi connectivity index (χ1) is 12.1. The van der Waals surface area contributed by atoms with Crippen LogP contribution in [0.15, 0.2) is 30.3 Å². The van der Waals surface area contributed by atoms with Crippen LogP contribution in [0.3, 0.4) is 0 Å². The Kier molecular flexibility index (Phi) is 8.98. The molecule has 2 nitrogen and oxygen atoms in total. The van der Waals surface area contributed by atoms with Gasteiger partial charge >= 0.3 is 0 Å². The second-order valence-corrected chi connectivity index (χ2v) is 8.17. The summed E-state index contributed by atoms with van der Waals surface area (Å²) in [6.45, 7) is 13.6. The molecular formula is C23H39NO. The monoisotopic (exact) mass is 345 g/mol. The minimum Gasteiger partial charge on any atom is -0.375 e. The number of nitrogens with zero attached hydrogens (tertiary/aromatic N) is 1. The number of unbranched alkanes of at least 4 members (excludes halogenated alkanes) is 4. The van der Waals surface area contributed by atoms with Gasteiger partial charge in [0, 0.05) is 12.6 Å². The van der Waals surface area contributed by atoms with Gasteiger partial charge in [0.15, 0.2) is 0 Å². The normalized spacial score (nSPS) is 27.5. The van der Waals surface area contributed by atoms with Crippen LogP contribution in [-0.4, -0.2) is 30.6 Å². The zero-order valence-electron chi connectivity index (χ0n) is 16.9. The van der Waals surface area contributed by atoms with Gasteiger partial charge in [0.2, 0.25) is 0 Å². The predicted molar refractivity (Wildman–Crippen MR) is 108 cm³/mol. The van der Waals surface area contributed by atoms with Crippen molar-refractivity contribution in [3.8, 4) is 0 Å². The fourth-order valence-electron chi connectivity index (χ4n) is 4.18. The van der Waals surface area contributed by atoms with E-state index in [1.54, 1.807) is 0 Å². The van der Waals surface area contributed by atoms with E-state index < -0.39 is 0 Å². The van der Waals surface area contributed by atoms with Gasteiger partial charge in [-0.3, -0.25) is 4.90 Å². The van der Waals surface area contributed by atoms with Crippen LogP contribution in [0.2, 0.25) is 0 Å². The SMILES string of the molecule is CCCCCCCN1CC(C)C(C)C(C)C1COCc1ccccc1. The van der Waals surface area contributed by atoms with Crippen molar-refractivity contribution < 1.29 is 4.74 Å². The fourth-order valence-corrected chi connectivity index (χ4v) is 4.18. The average Bonchev–Trinajstić information content (AvgIpc) is 2.63. The summed E-state index contributed by atoms with van der Waals surface area (Å²) in [7, 11) is 0. The van der Waals surface area contributed by atoms with E-state index in [0.717, 1.165) is 25.0 Å². The van der Waals surface area contributed by atoms with Gasteiger partial charge < -0.3 is 4.74 Å². The predicted octanol–water partition coefficient (Wildman–Crippen LogP) is 5.77. The van der Waals surface area contributed by atoms with Gasteiger partial charge in [-0.1, -0.05) is 83.7 Å². The molecule has 4 unspecified atom stereocenters. The third-order valence-electron chi connectivity index (χ3n) is 6.27. The molecule has 1 aliphatic heterocycles. The molecule has 0 saturated carbocycles. The first-order valence-electron chi connectivity index (χ1n) is 10.5. The molecule has 0 bridgehead atoms. The molecule has 0 aromatic heterocycles. The summed E-state index contributed by atoms with van der Waals surface area (Å²) in [6, 6.07) is 11.1. The highest BCUT2D eigenvalue weighted by molar-refractivity contribution is 5.13. The minimum atomic E-state index is 0.570. The molecule has 0 amide bonds. The van der Waals surface area contributed by atoms with Crippen molar-refractivity contribution in [2.24, 2.45) is 17.8 Å². The summed E-state index contributed by atoms with van der Waals surface area (Å²) in [5, 5.41) is 0. The maximum atomic E-state index is 6.15. The van der Waals surface area contributed by atoms with Crippen LogP contribution < -0.4 is 0 Å². The Balaban J connectivity index is 1.84. The lowest BCUT2D eigenvalue weighted by Crippen LogP contribution is -2.53. The molecule has 2 heteroatoms. The van der Waals surface area contributed by atoms with E-state index in [-0.39, 0.29) is 0 Å². The Labute approximate surface area is 156 Å². The van der Waals surface area contributed by atoms with Gasteiger partial charge in [0.05, 0.1) is 13.2 Å². The Morgan fingerprint density at radius 2 is 1.68 bits per heavy atom. The van der Waals surface area contributed by atoms with Crippen molar-refractivity contribution in [2.75, 3.05) is 19.7 Å². The molecule has 1 saturated heterocycles. The first kappa shape index (κ1) is 20.5. The summed E-state index contributed by atoms with van der Waals surface area (Å²) in [6.07, 6.45) is 6.81. The second-order valence-electron chi connectivity index (χ2n) is 8.17. The summed E-state index contributed by atoms with van der Waals surface area (Å²) in [5.74, 6) is 2.27. The zero-order chi connectivity index (χ0) is 18.1. The molecule has 1 aromatic rings. The molecule has 1 aliphatic rings. The molecule has 0 N–H and O–H groups in total. The summed E-state index contributed by atoms with van der Waals surface area (Å²) in [4.78, 5) is 2.73. The van der Waals surface area contributed by atoms with Crippen molar-refractivity contribution in [3.05, 3.63) is 35.9 Å². The number of hydrogen-bond donors (Lipinski definition) is 0. The van der Waals surface area contributed by atoms with E-state index in [1.165, 1.54) is 50.8 Å². The smallest absolute Gasteiger partial charge is 0.0717 e. The van der Waals surface area contributed by atoms with E-state index in [4.69, 9.17) is 4.74 Å². The third kappa shape index (κ3) is 6.42. The molecule has 0 radical (unpaired) electrons. The number of ether oxygens (including phenoxy) is 1. The minimum absolute atomic E-state index is 0.570. The fraction of sp³-hybridized carbons (Fsp3) is 0.739. The lowest BCUT2D eigenvalue weighted by atomic mass is 9.76. The quantitative estimate of drug-likeness (QED) is 0.499. The van der Waals surface area contributed by atoms with Crippen LogP contribution in [0, 0.1) is 17.8 Å². The number of benzene rings is 1. The largest absolute Gasteiger partial charge is 0.375 e. The number of likely N-dealkylation sites (tertiary alicyclic amines) is 1. The van der Waals surface area contributed by atoms with Crippen LogP contribution >= 0.6 is 0 Å². The van der Waals surface area contributed by atoms with E-state index in [1.807, 2.05) is 0 Å². The van der Waals surface area contributed by atoms with E-state index in [9.17, 15) is 0 Å². The molecule has 1 heterocycles. The molecule has 1 fully saturated rings. The third-order valence-corrected chi connectivity index (χ3v) is 6.27. The van der Waals surface area contributed by atoms with Gasteiger partial charge in [-0.15, -0.1) is 0 Å². The molecule has 4 atom stereocenters. The van der Waals surface area contributed by atoms with Crippen LogP contribution in [-0.2, 0) is 11.3 Å². The highest BCUT2D eigenvalue weighted by atomic mass is 16.5. The maximum absolute atomic E-state index is 6.15. The average molecular weight is 346 g/mol. The molecule has 1 aromatic carbocycles. The van der Waals surface area contributed by atoms with Gasteiger partial charge in [0.1, 0.15) is 0 Å². The lowest BCUT2D eigenvalue weighted by molar-refractivity contribution is -0.0312. The van der Waals surface area contributed by atoms with Crippen LogP contribution in [0.25, 0.3) is 0 Å². The lowest BCUT2D eigenvalue weighted by Gasteiger charge is -2.46. The second kappa shape index (κ2) is 11.0. The molecule has 142 valence electrons. The van der Waals surface area contributed by atoms with Crippen LogP contribution in [0.1, 0.15) is 65.4 Å². The van der Waals surface area contributed by atoms with Gasteiger partial charge in [-0.2, -0.15) is 0 Å². The Morgan fingerprint density at radius 1 is 0.960 bits per heavy atom. The van der Waals surface area contributed by atoms with Crippen molar-refractivity contribution in [2.45, 2.75) is 72.4 Å². The molecule has 25 heavy (non-hydrogen) atoms. The van der Waals surface area contributed by atoms with Crippen molar-refractivity contribution >= 4 is 0 Å². The highest BCUT2D eigenvalue weighted by Gasteiger charge is 2.36.